The van der Waals surface area contributed by atoms with Crippen LogP contribution in [0.15, 0.2) is 41.7 Å². The number of hydrogen-bond acceptors (Lipinski definition) is 7. The van der Waals surface area contributed by atoms with Gasteiger partial charge in [0, 0.05) is 37.0 Å². The zero-order chi connectivity index (χ0) is 17.5. The van der Waals surface area contributed by atoms with Crippen LogP contribution in [0.4, 0.5) is 11.5 Å². The summed E-state index contributed by atoms with van der Waals surface area (Å²) in [5, 5.41) is 12.6. The molecule has 0 saturated carbocycles. The number of anilines is 2. The molecule has 25 heavy (non-hydrogen) atoms. The van der Waals surface area contributed by atoms with Crippen molar-refractivity contribution >= 4 is 40.9 Å². The summed E-state index contributed by atoms with van der Waals surface area (Å²) in [7, 11) is 0. The Labute approximate surface area is 155 Å². The van der Waals surface area contributed by atoms with Crippen LogP contribution < -0.4 is 10.2 Å². The van der Waals surface area contributed by atoms with E-state index in [4.69, 9.17) is 5.26 Å². The summed E-state index contributed by atoms with van der Waals surface area (Å²) in [6, 6.07) is 9.04. The lowest BCUT2D eigenvalue weighted by Gasteiger charge is -2.28. The SMILES string of the molecule is N#Cc1ccccc1NC(=O)CSc1nccnc1N1CCSCC1. The highest BCUT2D eigenvalue weighted by Gasteiger charge is 2.18. The van der Waals surface area contributed by atoms with E-state index >= 15 is 0 Å². The van der Waals surface area contributed by atoms with Crippen LogP contribution in [0.25, 0.3) is 0 Å². The first-order valence-corrected chi connectivity index (χ1v) is 9.97. The molecule has 1 N–H and O–H groups in total. The van der Waals surface area contributed by atoms with Crippen molar-refractivity contribution in [3.63, 3.8) is 0 Å². The zero-order valence-corrected chi connectivity index (χ0v) is 15.1. The molecule has 2 aromatic rings. The standard InChI is InChI=1S/C17H17N5OS2/c18-11-13-3-1-2-4-14(13)21-15(23)12-25-17-16(19-5-6-20-17)22-7-9-24-10-8-22/h1-6H,7-10,12H2,(H,21,23). The highest BCUT2D eigenvalue weighted by molar-refractivity contribution is 8.00. The van der Waals surface area contributed by atoms with Crippen LogP contribution in [-0.4, -0.2) is 46.2 Å². The number of nitrogens with zero attached hydrogens (tertiary/aromatic N) is 4. The summed E-state index contributed by atoms with van der Waals surface area (Å²) in [4.78, 5) is 23.3. The molecule has 1 aliphatic heterocycles. The summed E-state index contributed by atoms with van der Waals surface area (Å²) in [6.45, 7) is 1.89. The third-order valence-electron chi connectivity index (χ3n) is 3.62. The van der Waals surface area contributed by atoms with E-state index in [0.717, 1.165) is 35.4 Å². The van der Waals surface area contributed by atoms with E-state index in [0.29, 0.717) is 11.3 Å². The number of aromatic nitrogens is 2. The van der Waals surface area contributed by atoms with Crippen molar-refractivity contribution in [3.8, 4) is 6.07 Å². The van der Waals surface area contributed by atoms with Gasteiger partial charge < -0.3 is 10.2 Å². The maximum atomic E-state index is 12.2. The average molecular weight is 371 g/mol. The van der Waals surface area contributed by atoms with Crippen LogP contribution >= 0.6 is 23.5 Å². The minimum absolute atomic E-state index is 0.168. The van der Waals surface area contributed by atoms with Crippen LogP contribution in [0, 0.1) is 11.3 Å². The van der Waals surface area contributed by atoms with Gasteiger partial charge in [-0.2, -0.15) is 17.0 Å². The Morgan fingerprint density at radius 3 is 2.84 bits per heavy atom. The van der Waals surface area contributed by atoms with Crippen molar-refractivity contribution < 1.29 is 4.79 Å². The van der Waals surface area contributed by atoms with Crippen molar-refractivity contribution in [2.45, 2.75) is 5.03 Å². The molecule has 0 radical (unpaired) electrons. The van der Waals surface area contributed by atoms with E-state index in [1.165, 1.54) is 11.8 Å². The lowest BCUT2D eigenvalue weighted by molar-refractivity contribution is -0.113. The summed E-state index contributed by atoms with van der Waals surface area (Å²) in [5.74, 6) is 3.04. The van der Waals surface area contributed by atoms with Gasteiger partial charge in [-0.25, -0.2) is 9.97 Å². The minimum atomic E-state index is -0.168. The summed E-state index contributed by atoms with van der Waals surface area (Å²) in [5.41, 5.74) is 0.981. The van der Waals surface area contributed by atoms with Gasteiger partial charge in [-0.05, 0) is 12.1 Å². The van der Waals surface area contributed by atoms with Gasteiger partial charge in [-0.3, -0.25) is 4.79 Å². The second-order valence-electron chi connectivity index (χ2n) is 5.28. The first kappa shape index (κ1) is 17.6. The van der Waals surface area contributed by atoms with Crippen molar-refractivity contribution in [2.75, 3.05) is 40.6 Å². The van der Waals surface area contributed by atoms with Crippen LogP contribution in [0.5, 0.6) is 0 Å². The molecule has 2 heterocycles. The van der Waals surface area contributed by atoms with E-state index in [1.807, 2.05) is 11.8 Å². The molecule has 0 bridgehead atoms. The van der Waals surface area contributed by atoms with Crippen LogP contribution in [0.1, 0.15) is 5.56 Å². The zero-order valence-electron chi connectivity index (χ0n) is 13.5. The molecule has 1 saturated heterocycles. The van der Waals surface area contributed by atoms with Crippen LogP contribution in [0.2, 0.25) is 0 Å². The summed E-state index contributed by atoms with van der Waals surface area (Å²) >= 11 is 3.30. The number of nitriles is 1. The van der Waals surface area contributed by atoms with E-state index < -0.39 is 0 Å². The van der Waals surface area contributed by atoms with Gasteiger partial charge in [0.15, 0.2) is 5.82 Å². The molecule has 6 nitrogen and oxygen atoms in total. The van der Waals surface area contributed by atoms with Gasteiger partial charge in [-0.1, -0.05) is 23.9 Å². The lowest BCUT2D eigenvalue weighted by atomic mass is 10.2. The molecule has 0 aliphatic carbocycles. The van der Waals surface area contributed by atoms with Gasteiger partial charge in [0.05, 0.1) is 17.0 Å². The molecular weight excluding hydrogens is 354 g/mol. The van der Waals surface area contributed by atoms with Gasteiger partial charge in [0.25, 0.3) is 0 Å². The first-order chi connectivity index (χ1) is 12.3. The molecule has 0 spiro atoms. The van der Waals surface area contributed by atoms with Crippen molar-refractivity contribution in [1.29, 1.82) is 5.26 Å². The maximum Gasteiger partial charge on any atom is 0.234 e. The van der Waals surface area contributed by atoms with Gasteiger partial charge in [-0.15, -0.1) is 0 Å². The number of para-hydroxylation sites is 1. The number of carbonyl (C=O) groups excluding carboxylic acids is 1. The smallest absolute Gasteiger partial charge is 0.234 e. The topological polar surface area (TPSA) is 81.9 Å². The monoisotopic (exact) mass is 371 g/mol. The van der Waals surface area contributed by atoms with Gasteiger partial charge in [0.2, 0.25) is 5.91 Å². The number of amides is 1. The van der Waals surface area contributed by atoms with E-state index in [1.54, 1.807) is 36.7 Å². The number of carbonyl (C=O) groups is 1. The summed E-state index contributed by atoms with van der Waals surface area (Å²) in [6.07, 6.45) is 3.33. The Balaban J connectivity index is 1.63. The Hall–Kier alpha value is -2.24. The molecule has 0 atom stereocenters. The van der Waals surface area contributed by atoms with E-state index in [2.05, 4.69) is 26.3 Å². The Morgan fingerprint density at radius 1 is 1.28 bits per heavy atom. The predicted molar refractivity (Wildman–Crippen MR) is 102 cm³/mol. The molecule has 0 unspecified atom stereocenters. The Bertz CT molecular complexity index is 787. The second kappa shape index (κ2) is 8.74. The van der Waals surface area contributed by atoms with Gasteiger partial charge >= 0.3 is 0 Å². The van der Waals surface area contributed by atoms with E-state index in [-0.39, 0.29) is 11.7 Å². The average Bonchev–Trinajstić information content (AvgIpc) is 2.68. The van der Waals surface area contributed by atoms with E-state index in [9.17, 15) is 4.79 Å². The first-order valence-electron chi connectivity index (χ1n) is 7.83. The molecule has 1 aromatic heterocycles. The predicted octanol–water partition coefficient (Wildman–Crippen LogP) is 2.63. The largest absolute Gasteiger partial charge is 0.353 e. The molecule has 3 rings (SSSR count). The maximum absolute atomic E-state index is 12.2. The fourth-order valence-corrected chi connectivity index (χ4v) is 4.11. The number of hydrogen-bond donors (Lipinski definition) is 1. The Morgan fingerprint density at radius 2 is 2.04 bits per heavy atom. The highest BCUT2D eigenvalue weighted by atomic mass is 32.2. The van der Waals surface area contributed by atoms with Crippen molar-refractivity contribution in [1.82, 2.24) is 9.97 Å². The normalized spacial score (nSPS) is 14.0. The van der Waals surface area contributed by atoms with Crippen molar-refractivity contribution in [2.24, 2.45) is 0 Å². The van der Waals surface area contributed by atoms with Crippen LogP contribution in [-0.2, 0) is 4.79 Å². The third kappa shape index (κ3) is 4.65. The number of thioether (sulfide) groups is 2. The molecule has 1 aromatic carbocycles. The second-order valence-corrected chi connectivity index (χ2v) is 7.47. The fourth-order valence-electron chi connectivity index (χ4n) is 2.42. The molecule has 1 fully saturated rings. The quantitative estimate of drug-likeness (QED) is 0.809. The number of nitrogens with one attached hydrogen (secondary N) is 1. The van der Waals surface area contributed by atoms with Crippen LogP contribution in [0.3, 0.4) is 0 Å². The molecule has 128 valence electrons. The Kier molecular flexibility index (Phi) is 6.14. The fraction of sp³-hybridized carbons (Fsp3) is 0.294. The number of benzene rings is 1. The van der Waals surface area contributed by atoms with Gasteiger partial charge in [0.1, 0.15) is 11.1 Å². The van der Waals surface area contributed by atoms with Crippen molar-refractivity contribution in [3.05, 3.63) is 42.2 Å². The minimum Gasteiger partial charge on any atom is -0.353 e. The summed E-state index contributed by atoms with van der Waals surface area (Å²) < 4.78 is 0. The molecule has 1 amide bonds. The number of rotatable bonds is 5. The molecular formula is C17H17N5OS2. The third-order valence-corrected chi connectivity index (χ3v) is 5.53. The molecule has 1 aliphatic rings. The highest BCUT2D eigenvalue weighted by Crippen LogP contribution is 2.27. The lowest BCUT2D eigenvalue weighted by Crippen LogP contribution is -2.33. The molecule has 8 heteroatoms.